The van der Waals surface area contributed by atoms with E-state index in [2.05, 4.69) is 33.1 Å². The zero-order chi connectivity index (χ0) is 12.8. The molecule has 0 unspecified atom stereocenters. The van der Waals surface area contributed by atoms with Crippen LogP contribution in [0.1, 0.15) is 25.7 Å². The second-order valence-electron chi connectivity index (χ2n) is 3.89. The zero-order valence-electron chi connectivity index (χ0n) is 10.2. The third-order valence-corrected chi connectivity index (χ3v) is 4.16. The maximum absolute atomic E-state index is 5.66. The third kappa shape index (κ3) is 3.59. The Hall–Kier alpha value is -0.810. The minimum absolute atomic E-state index is 0.577. The highest BCUT2D eigenvalue weighted by molar-refractivity contribution is 9.10. The molecule has 0 saturated carbocycles. The van der Waals surface area contributed by atoms with Gasteiger partial charge in [-0.2, -0.15) is 11.8 Å². The normalized spacial score (nSPS) is 10.8. The smallest absolute Gasteiger partial charge is 0.248 e. The molecule has 1 aromatic heterocycles. The van der Waals surface area contributed by atoms with Crippen LogP contribution in [-0.2, 0) is 5.75 Å². The van der Waals surface area contributed by atoms with Gasteiger partial charge in [0.05, 0.1) is 11.3 Å². The summed E-state index contributed by atoms with van der Waals surface area (Å²) in [6.45, 7) is 2.19. The number of benzene rings is 1. The van der Waals surface area contributed by atoms with Crippen LogP contribution in [0.2, 0.25) is 0 Å². The molecule has 0 radical (unpaired) electrons. The molecular weight excluding hydrogens is 312 g/mol. The van der Waals surface area contributed by atoms with Gasteiger partial charge < -0.3 is 4.42 Å². The van der Waals surface area contributed by atoms with Crippen molar-refractivity contribution in [3.8, 4) is 11.5 Å². The van der Waals surface area contributed by atoms with Crippen molar-refractivity contribution in [3.05, 3.63) is 34.6 Å². The molecule has 5 heteroatoms. The lowest BCUT2D eigenvalue weighted by molar-refractivity contribution is 0.528. The summed E-state index contributed by atoms with van der Waals surface area (Å²) in [6.07, 6.45) is 2.45. The molecule has 0 fully saturated rings. The highest BCUT2D eigenvalue weighted by Gasteiger charge is 2.10. The minimum atomic E-state index is 0.577. The van der Waals surface area contributed by atoms with Gasteiger partial charge in [-0.15, -0.1) is 10.2 Å². The molecule has 0 aliphatic carbocycles. The van der Waals surface area contributed by atoms with E-state index in [4.69, 9.17) is 4.42 Å². The van der Waals surface area contributed by atoms with Gasteiger partial charge in [-0.25, -0.2) is 0 Å². The lowest BCUT2D eigenvalue weighted by atomic mass is 10.2. The number of aromatic nitrogens is 2. The highest BCUT2D eigenvalue weighted by Crippen LogP contribution is 2.27. The van der Waals surface area contributed by atoms with Crippen molar-refractivity contribution in [1.82, 2.24) is 10.2 Å². The molecule has 0 N–H and O–H groups in total. The highest BCUT2D eigenvalue weighted by atomic mass is 79.9. The summed E-state index contributed by atoms with van der Waals surface area (Å²) in [5, 5.41) is 8.16. The van der Waals surface area contributed by atoms with Gasteiger partial charge in [-0.1, -0.05) is 25.5 Å². The maximum Gasteiger partial charge on any atom is 0.248 e. The number of nitrogens with zero attached hydrogens (tertiary/aromatic N) is 2. The molecule has 96 valence electrons. The standard InChI is InChI=1S/C13H15BrN2OS/c1-2-3-8-18-9-12-15-16-13(17-12)10-6-4-5-7-11(10)14/h4-7H,2-3,8-9H2,1H3. The van der Waals surface area contributed by atoms with Gasteiger partial charge >= 0.3 is 0 Å². The maximum atomic E-state index is 5.66. The van der Waals surface area contributed by atoms with Crippen molar-refractivity contribution in [2.45, 2.75) is 25.5 Å². The van der Waals surface area contributed by atoms with Gasteiger partial charge in [0, 0.05) is 4.47 Å². The summed E-state index contributed by atoms with van der Waals surface area (Å²) in [4.78, 5) is 0. The summed E-state index contributed by atoms with van der Waals surface area (Å²) in [6, 6.07) is 7.85. The molecule has 1 aromatic carbocycles. The van der Waals surface area contributed by atoms with Crippen molar-refractivity contribution in [1.29, 1.82) is 0 Å². The molecule has 0 aliphatic rings. The van der Waals surface area contributed by atoms with E-state index in [-0.39, 0.29) is 0 Å². The van der Waals surface area contributed by atoms with Crippen molar-refractivity contribution < 1.29 is 4.42 Å². The average Bonchev–Trinajstić information content (AvgIpc) is 2.84. The Bertz CT molecular complexity index is 501. The largest absolute Gasteiger partial charge is 0.420 e. The summed E-state index contributed by atoms with van der Waals surface area (Å²) in [5.74, 6) is 3.20. The van der Waals surface area contributed by atoms with Crippen LogP contribution in [0.4, 0.5) is 0 Å². The molecule has 0 spiro atoms. The molecule has 0 bridgehead atoms. The Morgan fingerprint density at radius 2 is 2.11 bits per heavy atom. The molecule has 0 saturated heterocycles. The number of hydrogen-bond donors (Lipinski definition) is 0. The van der Waals surface area contributed by atoms with E-state index in [0.29, 0.717) is 11.8 Å². The molecule has 2 aromatic rings. The first kappa shape index (κ1) is 13.6. The first-order valence-electron chi connectivity index (χ1n) is 5.96. The van der Waals surface area contributed by atoms with Crippen LogP contribution < -0.4 is 0 Å². The van der Waals surface area contributed by atoms with E-state index < -0.39 is 0 Å². The van der Waals surface area contributed by atoms with Gasteiger partial charge in [0.25, 0.3) is 0 Å². The third-order valence-electron chi connectivity index (χ3n) is 2.44. The Labute approximate surface area is 120 Å². The number of hydrogen-bond acceptors (Lipinski definition) is 4. The number of halogens is 1. The monoisotopic (exact) mass is 326 g/mol. The predicted octanol–water partition coefficient (Wildman–Crippen LogP) is 4.53. The Kier molecular flexibility index (Phi) is 5.26. The van der Waals surface area contributed by atoms with E-state index in [1.54, 1.807) is 0 Å². The second-order valence-corrected chi connectivity index (χ2v) is 5.85. The van der Waals surface area contributed by atoms with Crippen LogP contribution in [0.3, 0.4) is 0 Å². The average molecular weight is 327 g/mol. The van der Waals surface area contributed by atoms with Gasteiger partial charge in [0.1, 0.15) is 0 Å². The van der Waals surface area contributed by atoms with Gasteiger partial charge in [-0.05, 0) is 40.2 Å². The molecule has 0 amide bonds. The first-order valence-corrected chi connectivity index (χ1v) is 7.91. The van der Waals surface area contributed by atoms with Crippen molar-refractivity contribution in [2.75, 3.05) is 5.75 Å². The van der Waals surface area contributed by atoms with Crippen LogP contribution in [0.15, 0.2) is 33.2 Å². The minimum Gasteiger partial charge on any atom is -0.420 e. The van der Waals surface area contributed by atoms with Crippen LogP contribution in [0, 0.1) is 0 Å². The van der Waals surface area contributed by atoms with E-state index in [1.165, 1.54) is 12.8 Å². The Morgan fingerprint density at radius 3 is 2.89 bits per heavy atom. The van der Waals surface area contributed by atoms with Crippen LogP contribution in [0.5, 0.6) is 0 Å². The number of unbranched alkanes of at least 4 members (excludes halogenated alkanes) is 1. The van der Waals surface area contributed by atoms with E-state index >= 15 is 0 Å². The molecular formula is C13H15BrN2OS. The van der Waals surface area contributed by atoms with E-state index in [9.17, 15) is 0 Å². The fraction of sp³-hybridized carbons (Fsp3) is 0.385. The lowest BCUT2D eigenvalue weighted by Gasteiger charge is -1.97. The SMILES string of the molecule is CCCCSCc1nnc(-c2ccccc2Br)o1. The number of thioether (sulfide) groups is 1. The van der Waals surface area contributed by atoms with E-state index in [1.807, 2.05) is 36.0 Å². The van der Waals surface area contributed by atoms with Gasteiger partial charge in [0.15, 0.2) is 0 Å². The van der Waals surface area contributed by atoms with E-state index in [0.717, 1.165) is 21.5 Å². The quantitative estimate of drug-likeness (QED) is 0.731. The fourth-order valence-corrected chi connectivity index (χ4v) is 2.84. The van der Waals surface area contributed by atoms with Crippen LogP contribution >= 0.6 is 27.7 Å². The lowest BCUT2D eigenvalue weighted by Crippen LogP contribution is -1.83. The summed E-state index contributed by atoms with van der Waals surface area (Å²) in [5.41, 5.74) is 0.940. The van der Waals surface area contributed by atoms with Crippen LogP contribution in [0.25, 0.3) is 11.5 Å². The summed E-state index contributed by atoms with van der Waals surface area (Å²) in [7, 11) is 0. The van der Waals surface area contributed by atoms with Gasteiger partial charge in [-0.3, -0.25) is 0 Å². The molecule has 1 heterocycles. The topological polar surface area (TPSA) is 38.9 Å². The molecule has 0 atom stereocenters. The second kappa shape index (κ2) is 6.95. The molecule has 18 heavy (non-hydrogen) atoms. The first-order chi connectivity index (χ1) is 8.81. The zero-order valence-corrected chi connectivity index (χ0v) is 12.6. The summed E-state index contributed by atoms with van der Waals surface area (Å²) >= 11 is 5.32. The Balaban J connectivity index is 2.00. The predicted molar refractivity (Wildman–Crippen MR) is 78.5 cm³/mol. The summed E-state index contributed by atoms with van der Waals surface area (Å²) < 4.78 is 6.63. The van der Waals surface area contributed by atoms with Crippen molar-refractivity contribution in [3.63, 3.8) is 0 Å². The van der Waals surface area contributed by atoms with Crippen molar-refractivity contribution >= 4 is 27.7 Å². The molecule has 0 aliphatic heterocycles. The Morgan fingerprint density at radius 1 is 1.28 bits per heavy atom. The molecule has 3 nitrogen and oxygen atoms in total. The van der Waals surface area contributed by atoms with Gasteiger partial charge in [0.2, 0.25) is 11.8 Å². The fourth-order valence-electron chi connectivity index (χ4n) is 1.46. The number of rotatable bonds is 6. The van der Waals surface area contributed by atoms with Crippen molar-refractivity contribution in [2.24, 2.45) is 0 Å². The van der Waals surface area contributed by atoms with Crippen LogP contribution in [-0.4, -0.2) is 16.0 Å². The molecule has 2 rings (SSSR count).